The number of thiazole rings is 1. The Morgan fingerprint density at radius 1 is 1.64 bits per heavy atom. The average molecular weight is 216 g/mol. The van der Waals surface area contributed by atoms with Gasteiger partial charge in [0.15, 0.2) is 0 Å². The number of aliphatic hydroxyl groups excluding tert-OH is 1. The summed E-state index contributed by atoms with van der Waals surface area (Å²) in [4.78, 5) is 4.21. The van der Waals surface area contributed by atoms with Crippen LogP contribution in [0.5, 0.6) is 0 Å². The first-order chi connectivity index (χ1) is 6.84. The fraction of sp³-hybridized carbons (Fsp3) is 0.667. The van der Waals surface area contributed by atoms with Gasteiger partial charge in [-0.05, 0) is 6.92 Å². The van der Waals surface area contributed by atoms with Gasteiger partial charge in [-0.3, -0.25) is 0 Å². The molecule has 1 unspecified atom stereocenters. The van der Waals surface area contributed by atoms with E-state index < -0.39 is 0 Å². The molecular weight excluding hydrogens is 200 g/mol. The summed E-state index contributed by atoms with van der Waals surface area (Å²) in [6, 6.07) is 0.271. The molecule has 0 aliphatic heterocycles. The van der Waals surface area contributed by atoms with Gasteiger partial charge in [-0.2, -0.15) is 0 Å². The van der Waals surface area contributed by atoms with Gasteiger partial charge in [-0.25, -0.2) is 4.98 Å². The maximum atomic E-state index is 8.47. The number of hydrogen-bond acceptors (Lipinski definition) is 5. The molecule has 1 aromatic rings. The third-order valence-corrected chi connectivity index (χ3v) is 2.71. The van der Waals surface area contributed by atoms with Crippen molar-refractivity contribution in [2.45, 2.75) is 13.0 Å². The van der Waals surface area contributed by atoms with Crippen LogP contribution in [0, 0.1) is 0 Å². The van der Waals surface area contributed by atoms with Crippen molar-refractivity contribution in [2.24, 2.45) is 0 Å². The fourth-order valence-electron chi connectivity index (χ4n) is 1.05. The zero-order chi connectivity index (χ0) is 10.2. The number of aliphatic hydroxyl groups is 1. The molecule has 5 heteroatoms. The van der Waals surface area contributed by atoms with E-state index in [1.807, 2.05) is 5.38 Å². The van der Waals surface area contributed by atoms with Crippen molar-refractivity contribution < 1.29 is 9.84 Å². The molecule has 80 valence electrons. The number of aromatic nitrogens is 1. The number of nitrogens with zero attached hydrogens (tertiary/aromatic N) is 1. The van der Waals surface area contributed by atoms with Crippen molar-refractivity contribution in [3.05, 3.63) is 16.6 Å². The van der Waals surface area contributed by atoms with Crippen LogP contribution in [-0.4, -0.2) is 36.5 Å². The molecule has 1 aromatic heterocycles. The zero-order valence-electron chi connectivity index (χ0n) is 8.27. The van der Waals surface area contributed by atoms with Crippen LogP contribution < -0.4 is 5.32 Å². The molecule has 0 radical (unpaired) electrons. The Morgan fingerprint density at radius 3 is 3.14 bits per heavy atom. The van der Waals surface area contributed by atoms with E-state index in [-0.39, 0.29) is 12.6 Å². The van der Waals surface area contributed by atoms with Crippen LogP contribution in [0.4, 0.5) is 0 Å². The van der Waals surface area contributed by atoms with E-state index >= 15 is 0 Å². The topological polar surface area (TPSA) is 54.4 Å². The lowest BCUT2D eigenvalue weighted by Crippen LogP contribution is -2.23. The molecule has 0 fully saturated rings. The lowest BCUT2D eigenvalue weighted by molar-refractivity contribution is 0.0928. The van der Waals surface area contributed by atoms with E-state index in [2.05, 4.69) is 17.2 Å². The highest BCUT2D eigenvalue weighted by molar-refractivity contribution is 7.09. The third-order valence-electron chi connectivity index (χ3n) is 1.75. The van der Waals surface area contributed by atoms with Gasteiger partial charge in [0, 0.05) is 18.1 Å². The van der Waals surface area contributed by atoms with Crippen LogP contribution in [-0.2, 0) is 4.74 Å². The van der Waals surface area contributed by atoms with Gasteiger partial charge in [-0.15, -0.1) is 11.3 Å². The van der Waals surface area contributed by atoms with Crippen LogP contribution in [0.1, 0.15) is 18.0 Å². The Kier molecular flexibility index (Phi) is 5.70. The predicted molar refractivity (Wildman–Crippen MR) is 56.4 cm³/mol. The molecule has 0 aromatic carbocycles. The summed E-state index contributed by atoms with van der Waals surface area (Å²) in [6.45, 7) is 3.97. The van der Waals surface area contributed by atoms with E-state index in [1.165, 1.54) is 0 Å². The minimum absolute atomic E-state index is 0.0854. The third kappa shape index (κ3) is 4.15. The molecule has 0 saturated heterocycles. The first-order valence-corrected chi connectivity index (χ1v) is 5.54. The Hall–Kier alpha value is -0.490. The molecule has 14 heavy (non-hydrogen) atoms. The second kappa shape index (κ2) is 6.89. The molecular formula is C9H16N2O2S. The standard InChI is InChI=1S/C9H16N2O2S/c1-8(9-11-3-7-14-9)10-2-5-13-6-4-12/h3,7-8,10,12H,2,4-6H2,1H3. The normalized spacial score (nSPS) is 13.0. The minimum Gasteiger partial charge on any atom is -0.394 e. The molecule has 2 N–H and O–H groups in total. The molecule has 0 bridgehead atoms. The SMILES string of the molecule is CC(NCCOCCO)c1nccs1. The molecule has 1 atom stereocenters. The van der Waals surface area contributed by atoms with Crippen molar-refractivity contribution in [1.82, 2.24) is 10.3 Å². The van der Waals surface area contributed by atoms with E-state index in [9.17, 15) is 0 Å². The second-order valence-corrected chi connectivity index (χ2v) is 3.81. The molecule has 0 spiro atoms. The van der Waals surface area contributed by atoms with Gasteiger partial charge in [-0.1, -0.05) is 0 Å². The highest BCUT2D eigenvalue weighted by Crippen LogP contribution is 2.13. The zero-order valence-corrected chi connectivity index (χ0v) is 9.09. The van der Waals surface area contributed by atoms with Gasteiger partial charge in [0.25, 0.3) is 0 Å². The van der Waals surface area contributed by atoms with Crippen molar-refractivity contribution in [1.29, 1.82) is 0 Å². The molecule has 4 nitrogen and oxygen atoms in total. The van der Waals surface area contributed by atoms with Gasteiger partial charge in [0.2, 0.25) is 0 Å². The van der Waals surface area contributed by atoms with Crippen LogP contribution in [0.3, 0.4) is 0 Å². The molecule has 0 aliphatic carbocycles. The van der Waals surface area contributed by atoms with Crippen LogP contribution in [0.25, 0.3) is 0 Å². The van der Waals surface area contributed by atoms with Crippen molar-refractivity contribution in [3.63, 3.8) is 0 Å². The van der Waals surface area contributed by atoms with E-state index in [0.717, 1.165) is 11.6 Å². The molecule has 0 aliphatic rings. The number of rotatable bonds is 7. The second-order valence-electron chi connectivity index (χ2n) is 2.88. The summed E-state index contributed by atoms with van der Waals surface area (Å²) in [5, 5.41) is 14.8. The minimum atomic E-state index is 0.0854. The number of hydrogen-bond donors (Lipinski definition) is 2. The maximum Gasteiger partial charge on any atom is 0.109 e. The van der Waals surface area contributed by atoms with E-state index in [0.29, 0.717) is 13.2 Å². The lowest BCUT2D eigenvalue weighted by Gasteiger charge is -2.10. The fourth-order valence-corrected chi connectivity index (χ4v) is 1.72. The Bertz CT molecular complexity index is 229. The molecule has 0 amide bonds. The van der Waals surface area contributed by atoms with E-state index in [1.54, 1.807) is 17.5 Å². The Morgan fingerprint density at radius 2 is 2.50 bits per heavy atom. The van der Waals surface area contributed by atoms with Gasteiger partial charge in [0.05, 0.1) is 25.9 Å². The highest BCUT2D eigenvalue weighted by Gasteiger charge is 2.05. The monoisotopic (exact) mass is 216 g/mol. The van der Waals surface area contributed by atoms with Crippen molar-refractivity contribution >= 4 is 11.3 Å². The number of nitrogens with one attached hydrogen (secondary N) is 1. The summed E-state index contributed by atoms with van der Waals surface area (Å²) in [7, 11) is 0. The Labute approximate surface area is 87.9 Å². The quantitative estimate of drug-likeness (QED) is 0.662. The number of ether oxygens (including phenoxy) is 1. The van der Waals surface area contributed by atoms with Gasteiger partial charge in [0.1, 0.15) is 5.01 Å². The van der Waals surface area contributed by atoms with Crippen LogP contribution >= 0.6 is 11.3 Å². The molecule has 1 rings (SSSR count). The summed E-state index contributed by atoms with van der Waals surface area (Å²) in [6.07, 6.45) is 1.81. The van der Waals surface area contributed by atoms with Crippen LogP contribution in [0.2, 0.25) is 0 Å². The van der Waals surface area contributed by atoms with Gasteiger partial charge >= 0.3 is 0 Å². The lowest BCUT2D eigenvalue weighted by atomic mass is 10.3. The summed E-state index contributed by atoms with van der Waals surface area (Å²) in [5.41, 5.74) is 0. The largest absolute Gasteiger partial charge is 0.394 e. The summed E-state index contributed by atoms with van der Waals surface area (Å²) in [5.74, 6) is 0. The maximum absolute atomic E-state index is 8.47. The first kappa shape index (κ1) is 11.6. The molecule has 1 heterocycles. The average Bonchev–Trinajstić information content (AvgIpc) is 2.70. The highest BCUT2D eigenvalue weighted by atomic mass is 32.1. The van der Waals surface area contributed by atoms with Gasteiger partial charge < -0.3 is 15.2 Å². The molecule has 0 saturated carbocycles. The van der Waals surface area contributed by atoms with Crippen molar-refractivity contribution in [2.75, 3.05) is 26.4 Å². The predicted octanol–water partition coefficient (Wildman–Crippen LogP) is 0.803. The Balaban J connectivity index is 2.07. The van der Waals surface area contributed by atoms with E-state index in [4.69, 9.17) is 9.84 Å². The smallest absolute Gasteiger partial charge is 0.109 e. The first-order valence-electron chi connectivity index (χ1n) is 4.66. The van der Waals surface area contributed by atoms with Crippen molar-refractivity contribution in [3.8, 4) is 0 Å². The summed E-state index contributed by atoms with van der Waals surface area (Å²) >= 11 is 1.64. The summed E-state index contributed by atoms with van der Waals surface area (Å²) < 4.78 is 5.12. The van der Waals surface area contributed by atoms with Crippen LogP contribution in [0.15, 0.2) is 11.6 Å².